The van der Waals surface area contributed by atoms with Crippen LogP contribution in [0.3, 0.4) is 0 Å². The van der Waals surface area contributed by atoms with E-state index in [-0.39, 0.29) is 0 Å². The highest BCUT2D eigenvalue weighted by Gasteiger charge is 2.16. The largest absolute Gasteiger partial charge is 0.126 e. The van der Waals surface area contributed by atoms with Crippen LogP contribution in [0.2, 0.25) is 0 Å². The van der Waals surface area contributed by atoms with Crippen LogP contribution in [0.15, 0.2) is 11.6 Å². The van der Waals surface area contributed by atoms with E-state index in [1.807, 2.05) is 0 Å². The minimum absolute atomic E-state index is 0.699. The summed E-state index contributed by atoms with van der Waals surface area (Å²) in [6.07, 6.45) is 8.86. The lowest BCUT2D eigenvalue weighted by molar-refractivity contribution is 0.539. The SMILES string of the molecule is CCCCC(CCl)C1=CCC1. The van der Waals surface area contributed by atoms with Gasteiger partial charge in [0.15, 0.2) is 0 Å². The van der Waals surface area contributed by atoms with E-state index in [0.717, 1.165) is 5.88 Å². The predicted octanol–water partition coefficient (Wildman–Crippen LogP) is 3.75. The predicted molar refractivity (Wildman–Crippen MR) is 51.1 cm³/mol. The molecular weight excluding hydrogens is 156 g/mol. The van der Waals surface area contributed by atoms with Crippen molar-refractivity contribution in [3.8, 4) is 0 Å². The van der Waals surface area contributed by atoms with Gasteiger partial charge < -0.3 is 0 Å². The van der Waals surface area contributed by atoms with Crippen molar-refractivity contribution >= 4 is 11.6 Å². The Morgan fingerprint density at radius 1 is 1.64 bits per heavy atom. The van der Waals surface area contributed by atoms with Crippen molar-refractivity contribution < 1.29 is 0 Å². The second-order valence-corrected chi connectivity index (χ2v) is 3.62. The topological polar surface area (TPSA) is 0 Å². The van der Waals surface area contributed by atoms with E-state index in [1.54, 1.807) is 5.57 Å². The fraction of sp³-hybridized carbons (Fsp3) is 0.800. The van der Waals surface area contributed by atoms with Crippen LogP contribution in [-0.2, 0) is 0 Å². The number of unbranched alkanes of at least 4 members (excludes halogenated alkanes) is 1. The summed E-state index contributed by atoms with van der Waals surface area (Å²) in [6.45, 7) is 2.24. The van der Waals surface area contributed by atoms with Crippen LogP contribution < -0.4 is 0 Å². The zero-order valence-corrected chi connectivity index (χ0v) is 8.03. The maximum Gasteiger partial charge on any atom is 0.0289 e. The van der Waals surface area contributed by atoms with Gasteiger partial charge in [-0.1, -0.05) is 31.4 Å². The lowest BCUT2D eigenvalue weighted by Gasteiger charge is -2.23. The zero-order valence-electron chi connectivity index (χ0n) is 7.28. The molecular formula is C10H17Cl. The molecule has 1 unspecified atom stereocenters. The van der Waals surface area contributed by atoms with Gasteiger partial charge in [-0.25, -0.2) is 0 Å². The third-order valence-corrected chi connectivity index (χ3v) is 2.83. The summed E-state index contributed by atoms with van der Waals surface area (Å²) in [7, 11) is 0. The minimum atomic E-state index is 0.699. The molecule has 0 saturated carbocycles. The zero-order chi connectivity index (χ0) is 8.10. The molecule has 1 heteroatoms. The second-order valence-electron chi connectivity index (χ2n) is 3.31. The number of hydrogen-bond acceptors (Lipinski definition) is 0. The van der Waals surface area contributed by atoms with Crippen LogP contribution in [-0.4, -0.2) is 5.88 Å². The van der Waals surface area contributed by atoms with E-state index in [2.05, 4.69) is 13.0 Å². The smallest absolute Gasteiger partial charge is 0.0289 e. The molecule has 1 aliphatic carbocycles. The van der Waals surface area contributed by atoms with E-state index in [9.17, 15) is 0 Å². The summed E-state index contributed by atoms with van der Waals surface area (Å²) in [5.74, 6) is 1.52. The molecule has 0 aliphatic heterocycles. The minimum Gasteiger partial charge on any atom is -0.126 e. The second kappa shape index (κ2) is 4.82. The van der Waals surface area contributed by atoms with Gasteiger partial charge in [0.2, 0.25) is 0 Å². The Labute approximate surface area is 74.6 Å². The molecule has 1 aliphatic rings. The van der Waals surface area contributed by atoms with Crippen molar-refractivity contribution in [2.45, 2.75) is 39.0 Å². The van der Waals surface area contributed by atoms with Gasteiger partial charge >= 0.3 is 0 Å². The van der Waals surface area contributed by atoms with Gasteiger partial charge in [-0.3, -0.25) is 0 Å². The third-order valence-electron chi connectivity index (χ3n) is 2.46. The van der Waals surface area contributed by atoms with Crippen LogP contribution in [0.5, 0.6) is 0 Å². The molecule has 0 fully saturated rings. The van der Waals surface area contributed by atoms with Gasteiger partial charge in [-0.2, -0.15) is 0 Å². The summed E-state index contributed by atoms with van der Waals surface area (Å²) in [6, 6.07) is 0. The first-order valence-electron chi connectivity index (χ1n) is 4.63. The number of alkyl halides is 1. The van der Waals surface area contributed by atoms with Crippen molar-refractivity contribution in [1.82, 2.24) is 0 Å². The molecule has 0 nitrogen and oxygen atoms in total. The standard InChI is InChI=1S/C10H17Cl/c1-2-3-5-10(8-11)9-6-4-7-9/h6,10H,2-5,7-8H2,1H3. The van der Waals surface area contributed by atoms with E-state index in [4.69, 9.17) is 11.6 Å². The van der Waals surface area contributed by atoms with Crippen molar-refractivity contribution in [2.24, 2.45) is 5.92 Å². The van der Waals surface area contributed by atoms with Gasteiger partial charge in [-0.05, 0) is 25.2 Å². The molecule has 0 amide bonds. The number of allylic oxidation sites excluding steroid dienone is 2. The maximum atomic E-state index is 5.87. The van der Waals surface area contributed by atoms with Gasteiger partial charge in [-0.15, -0.1) is 11.6 Å². The molecule has 0 bridgehead atoms. The summed E-state index contributed by atoms with van der Waals surface area (Å²) >= 11 is 5.87. The highest BCUT2D eigenvalue weighted by Crippen LogP contribution is 2.30. The van der Waals surface area contributed by atoms with Gasteiger partial charge in [0.1, 0.15) is 0 Å². The Balaban J connectivity index is 2.24. The molecule has 0 N–H and O–H groups in total. The summed E-state index contributed by atoms with van der Waals surface area (Å²) < 4.78 is 0. The van der Waals surface area contributed by atoms with Crippen molar-refractivity contribution in [3.05, 3.63) is 11.6 Å². The first-order valence-corrected chi connectivity index (χ1v) is 5.16. The lowest BCUT2D eigenvalue weighted by atomic mass is 9.85. The lowest BCUT2D eigenvalue weighted by Crippen LogP contribution is -2.10. The van der Waals surface area contributed by atoms with Crippen molar-refractivity contribution in [2.75, 3.05) is 5.88 Å². The van der Waals surface area contributed by atoms with Gasteiger partial charge in [0.05, 0.1) is 0 Å². The quantitative estimate of drug-likeness (QED) is 0.438. The van der Waals surface area contributed by atoms with Crippen LogP contribution in [0.25, 0.3) is 0 Å². The van der Waals surface area contributed by atoms with E-state index in [0.29, 0.717) is 5.92 Å². The van der Waals surface area contributed by atoms with Crippen LogP contribution >= 0.6 is 11.6 Å². The molecule has 1 atom stereocenters. The van der Waals surface area contributed by atoms with E-state index < -0.39 is 0 Å². The van der Waals surface area contributed by atoms with Gasteiger partial charge in [0.25, 0.3) is 0 Å². The number of halogens is 1. The fourth-order valence-electron chi connectivity index (χ4n) is 1.49. The first-order chi connectivity index (χ1) is 5.38. The average molecular weight is 173 g/mol. The Hall–Kier alpha value is 0.0300. The Morgan fingerprint density at radius 2 is 2.36 bits per heavy atom. The fourth-order valence-corrected chi connectivity index (χ4v) is 1.85. The molecule has 0 aromatic carbocycles. The molecule has 0 heterocycles. The van der Waals surface area contributed by atoms with Crippen LogP contribution in [0, 0.1) is 5.92 Å². The molecule has 0 radical (unpaired) electrons. The first kappa shape index (κ1) is 9.12. The molecule has 64 valence electrons. The normalized spacial score (nSPS) is 18.9. The monoisotopic (exact) mass is 172 g/mol. The van der Waals surface area contributed by atoms with Gasteiger partial charge in [0, 0.05) is 5.88 Å². The van der Waals surface area contributed by atoms with Crippen LogP contribution in [0.4, 0.5) is 0 Å². The molecule has 0 saturated heterocycles. The molecule has 0 aromatic heterocycles. The summed E-state index contributed by atoms with van der Waals surface area (Å²) in [4.78, 5) is 0. The Kier molecular flexibility index (Phi) is 3.99. The molecule has 0 aromatic rings. The van der Waals surface area contributed by atoms with Crippen molar-refractivity contribution in [1.29, 1.82) is 0 Å². The maximum absolute atomic E-state index is 5.87. The van der Waals surface area contributed by atoms with E-state index >= 15 is 0 Å². The summed E-state index contributed by atoms with van der Waals surface area (Å²) in [5.41, 5.74) is 1.62. The summed E-state index contributed by atoms with van der Waals surface area (Å²) in [5, 5.41) is 0. The number of hydrogen-bond donors (Lipinski definition) is 0. The molecule has 11 heavy (non-hydrogen) atoms. The highest BCUT2D eigenvalue weighted by atomic mass is 35.5. The third kappa shape index (κ3) is 2.52. The highest BCUT2D eigenvalue weighted by molar-refractivity contribution is 6.18. The molecule has 1 rings (SSSR count). The Morgan fingerprint density at radius 3 is 2.73 bits per heavy atom. The Bertz CT molecular complexity index is 138. The average Bonchev–Trinajstić information content (AvgIpc) is 1.93. The van der Waals surface area contributed by atoms with Crippen LogP contribution in [0.1, 0.15) is 39.0 Å². The molecule has 0 spiro atoms. The number of rotatable bonds is 5. The van der Waals surface area contributed by atoms with E-state index in [1.165, 1.54) is 32.1 Å². The van der Waals surface area contributed by atoms with Crippen molar-refractivity contribution in [3.63, 3.8) is 0 Å².